The summed E-state index contributed by atoms with van der Waals surface area (Å²) in [6.07, 6.45) is 1.89. The minimum Gasteiger partial charge on any atom is -0.207 e. The van der Waals surface area contributed by atoms with Gasteiger partial charge in [0.15, 0.2) is 0 Å². The summed E-state index contributed by atoms with van der Waals surface area (Å²) >= 11 is 0. The van der Waals surface area contributed by atoms with Gasteiger partial charge >= 0.3 is 0 Å². The van der Waals surface area contributed by atoms with Gasteiger partial charge in [0.1, 0.15) is 0 Å². The average Bonchev–Trinajstić information content (AvgIpc) is 2.15. The van der Waals surface area contributed by atoms with Crippen molar-refractivity contribution in [2.45, 2.75) is 74.2 Å². The van der Waals surface area contributed by atoms with Crippen LogP contribution in [0, 0.1) is 16.2 Å². The zero-order chi connectivity index (χ0) is 15.0. The molecule has 0 fully saturated rings. The SMILES string of the molecule is C=C(CCC)C(C)(C)C(C)(C)C(C)(C)C(C)(F)F. The highest BCUT2D eigenvalue weighted by Crippen LogP contribution is 2.60. The second-order valence-corrected chi connectivity index (χ2v) is 7.12. The van der Waals surface area contributed by atoms with E-state index in [2.05, 4.69) is 13.5 Å². The number of hydrogen-bond donors (Lipinski definition) is 0. The Hall–Kier alpha value is -0.400. The van der Waals surface area contributed by atoms with Gasteiger partial charge in [-0.05, 0) is 24.2 Å². The lowest BCUT2D eigenvalue weighted by Gasteiger charge is -2.55. The van der Waals surface area contributed by atoms with Crippen molar-refractivity contribution in [3.05, 3.63) is 12.2 Å². The van der Waals surface area contributed by atoms with E-state index in [1.54, 1.807) is 13.8 Å². The summed E-state index contributed by atoms with van der Waals surface area (Å²) in [6.45, 7) is 18.5. The molecule has 0 radical (unpaired) electrons. The van der Waals surface area contributed by atoms with Gasteiger partial charge in [-0.2, -0.15) is 0 Å². The fraction of sp³-hybridized carbons (Fsp3) is 0.875. The maximum atomic E-state index is 13.9. The fourth-order valence-electron chi connectivity index (χ4n) is 2.39. The Morgan fingerprint density at radius 1 is 0.889 bits per heavy atom. The van der Waals surface area contributed by atoms with Crippen LogP contribution >= 0.6 is 0 Å². The molecule has 0 rings (SSSR count). The smallest absolute Gasteiger partial charge is 0.207 e. The van der Waals surface area contributed by atoms with Gasteiger partial charge in [0.25, 0.3) is 5.92 Å². The highest BCUT2D eigenvalue weighted by molar-refractivity contribution is 5.16. The summed E-state index contributed by atoms with van der Waals surface area (Å²) in [6, 6.07) is 0. The van der Waals surface area contributed by atoms with E-state index in [4.69, 9.17) is 0 Å². The Bertz CT molecular complexity index is 304. The van der Waals surface area contributed by atoms with Crippen LogP contribution in [0.4, 0.5) is 8.78 Å². The second kappa shape index (κ2) is 4.94. The van der Waals surface area contributed by atoms with E-state index in [1.807, 2.05) is 27.7 Å². The van der Waals surface area contributed by atoms with Crippen molar-refractivity contribution in [1.82, 2.24) is 0 Å². The molecule has 0 atom stereocenters. The van der Waals surface area contributed by atoms with E-state index in [0.29, 0.717) is 0 Å². The molecule has 0 unspecified atom stereocenters. The second-order valence-electron chi connectivity index (χ2n) is 7.12. The molecule has 0 heterocycles. The maximum Gasteiger partial charge on any atom is 0.250 e. The Labute approximate surface area is 112 Å². The van der Waals surface area contributed by atoms with Crippen LogP contribution in [0.3, 0.4) is 0 Å². The molecule has 18 heavy (non-hydrogen) atoms. The van der Waals surface area contributed by atoms with E-state index in [-0.39, 0.29) is 5.41 Å². The minimum atomic E-state index is -2.72. The zero-order valence-electron chi connectivity index (χ0n) is 13.4. The highest BCUT2D eigenvalue weighted by Gasteiger charge is 2.58. The summed E-state index contributed by atoms with van der Waals surface area (Å²) in [7, 11) is 0. The third kappa shape index (κ3) is 2.62. The van der Waals surface area contributed by atoms with Gasteiger partial charge in [0.05, 0.1) is 0 Å². The van der Waals surface area contributed by atoms with Crippen molar-refractivity contribution < 1.29 is 8.78 Å². The average molecular weight is 260 g/mol. The molecule has 0 spiro atoms. The van der Waals surface area contributed by atoms with Gasteiger partial charge in [0, 0.05) is 5.41 Å². The lowest BCUT2D eigenvalue weighted by Crippen LogP contribution is -2.53. The van der Waals surface area contributed by atoms with E-state index < -0.39 is 16.8 Å². The predicted octanol–water partition coefficient (Wildman–Crippen LogP) is 6.08. The summed E-state index contributed by atoms with van der Waals surface area (Å²) in [4.78, 5) is 0. The van der Waals surface area contributed by atoms with Crippen LogP contribution < -0.4 is 0 Å². The first-order chi connectivity index (χ1) is 7.73. The first kappa shape index (κ1) is 17.6. The van der Waals surface area contributed by atoms with Gasteiger partial charge in [-0.1, -0.05) is 67.0 Å². The van der Waals surface area contributed by atoms with Crippen LogP contribution in [-0.2, 0) is 0 Å². The largest absolute Gasteiger partial charge is 0.250 e. The molecular weight excluding hydrogens is 230 g/mol. The third-order valence-electron chi connectivity index (χ3n) is 5.66. The normalized spacial score (nSPS) is 14.8. The van der Waals surface area contributed by atoms with Crippen LogP contribution in [0.5, 0.6) is 0 Å². The molecule has 0 aliphatic rings. The Morgan fingerprint density at radius 2 is 1.28 bits per heavy atom. The van der Waals surface area contributed by atoms with E-state index in [1.165, 1.54) is 0 Å². The van der Waals surface area contributed by atoms with Crippen LogP contribution in [-0.4, -0.2) is 5.92 Å². The van der Waals surface area contributed by atoms with E-state index in [0.717, 1.165) is 25.3 Å². The summed E-state index contributed by atoms with van der Waals surface area (Å²) in [5, 5.41) is 0. The summed E-state index contributed by atoms with van der Waals surface area (Å²) in [5.41, 5.74) is -0.913. The molecule has 0 saturated carbocycles. The quantitative estimate of drug-likeness (QED) is 0.508. The lowest BCUT2D eigenvalue weighted by molar-refractivity contribution is -0.172. The van der Waals surface area contributed by atoms with Crippen molar-refractivity contribution in [2.75, 3.05) is 0 Å². The first-order valence-corrected chi connectivity index (χ1v) is 6.79. The van der Waals surface area contributed by atoms with Crippen molar-refractivity contribution in [2.24, 2.45) is 16.2 Å². The predicted molar refractivity (Wildman–Crippen MR) is 76.0 cm³/mol. The number of halogens is 2. The molecule has 0 aliphatic carbocycles. The number of hydrogen-bond acceptors (Lipinski definition) is 0. The van der Waals surface area contributed by atoms with Gasteiger partial charge in [-0.25, -0.2) is 8.78 Å². The Balaban J connectivity index is 5.57. The Kier molecular flexibility index (Phi) is 4.83. The van der Waals surface area contributed by atoms with Crippen molar-refractivity contribution >= 4 is 0 Å². The first-order valence-electron chi connectivity index (χ1n) is 6.79. The van der Waals surface area contributed by atoms with Crippen LogP contribution in [0.25, 0.3) is 0 Å². The van der Waals surface area contributed by atoms with Crippen molar-refractivity contribution in [3.8, 4) is 0 Å². The topological polar surface area (TPSA) is 0 Å². The summed E-state index contributed by atoms with van der Waals surface area (Å²) in [5.74, 6) is -2.72. The molecule has 0 saturated heterocycles. The van der Waals surface area contributed by atoms with Crippen LogP contribution in [0.1, 0.15) is 68.2 Å². The molecule has 0 amide bonds. The standard InChI is InChI=1S/C16H30F2/c1-10-11-12(2)13(3,4)14(5,6)15(7,8)16(9,17)18/h2,10-11H2,1,3-9H3. The Morgan fingerprint density at radius 3 is 1.56 bits per heavy atom. The molecule has 0 N–H and O–H groups in total. The lowest BCUT2D eigenvalue weighted by atomic mass is 9.51. The summed E-state index contributed by atoms with van der Waals surface area (Å²) < 4.78 is 27.9. The third-order valence-corrected chi connectivity index (χ3v) is 5.66. The minimum absolute atomic E-state index is 0.327. The molecule has 0 nitrogen and oxygen atoms in total. The molecule has 0 aromatic rings. The molecular formula is C16H30F2. The van der Waals surface area contributed by atoms with Gasteiger partial charge in [-0.3, -0.25) is 0 Å². The van der Waals surface area contributed by atoms with Crippen LogP contribution in [0.2, 0.25) is 0 Å². The van der Waals surface area contributed by atoms with Gasteiger partial charge in [0.2, 0.25) is 0 Å². The molecule has 108 valence electrons. The van der Waals surface area contributed by atoms with Gasteiger partial charge < -0.3 is 0 Å². The van der Waals surface area contributed by atoms with Crippen molar-refractivity contribution in [3.63, 3.8) is 0 Å². The molecule has 0 aromatic heterocycles. The van der Waals surface area contributed by atoms with Crippen molar-refractivity contribution in [1.29, 1.82) is 0 Å². The molecule has 0 aliphatic heterocycles. The fourth-order valence-corrected chi connectivity index (χ4v) is 2.39. The molecule has 0 bridgehead atoms. The van der Waals surface area contributed by atoms with E-state index >= 15 is 0 Å². The maximum absolute atomic E-state index is 13.9. The van der Waals surface area contributed by atoms with Gasteiger partial charge in [-0.15, -0.1) is 0 Å². The highest BCUT2D eigenvalue weighted by atomic mass is 19.3. The number of allylic oxidation sites excluding steroid dienone is 1. The molecule has 2 heteroatoms. The number of alkyl halides is 2. The number of rotatable bonds is 6. The monoisotopic (exact) mass is 260 g/mol. The molecule has 0 aromatic carbocycles. The zero-order valence-corrected chi connectivity index (χ0v) is 13.4. The van der Waals surface area contributed by atoms with Crippen LogP contribution in [0.15, 0.2) is 12.2 Å². The van der Waals surface area contributed by atoms with E-state index in [9.17, 15) is 8.78 Å².